The van der Waals surface area contributed by atoms with Crippen molar-refractivity contribution in [1.29, 1.82) is 0 Å². The number of rotatable bonds is 6. The van der Waals surface area contributed by atoms with Crippen LogP contribution in [0.2, 0.25) is 0 Å². The summed E-state index contributed by atoms with van der Waals surface area (Å²) in [5.74, 6) is -1.05. The number of benzene rings is 1. The van der Waals surface area contributed by atoms with Gasteiger partial charge in [-0.15, -0.1) is 10.2 Å². The van der Waals surface area contributed by atoms with Crippen LogP contribution in [-0.4, -0.2) is 39.1 Å². The van der Waals surface area contributed by atoms with Crippen molar-refractivity contribution in [2.24, 2.45) is 0 Å². The van der Waals surface area contributed by atoms with Crippen molar-refractivity contribution in [3.63, 3.8) is 0 Å². The van der Waals surface area contributed by atoms with Crippen molar-refractivity contribution in [2.45, 2.75) is 30.2 Å². The van der Waals surface area contributed by atoms with Crippen LogP contribution < -0.4 is 5.32 Å². The van der Waals surface area contributed by atoms with Crippen LogP contribution >= 0.6 is 11.8 Å². The molecule has 0 spiro atoms. The monoisotopic (exact) mass is 374 g/mol. The molecule has 1 aromatic carbocycles. The molecule has 1 aliphatic carbocycles. The first kappa shape index (κ1) is 17.7. The van der Waals surface area contributed by atoms with E-state index in [9.17, 15) is 22.4 Å². The van der Waals surface area contributed by atoms with Crippen LogP contribution in [0.4, 0.5) is 17.6 Å². The molecular weight excluding hydrogens is 360 g/mol. The Morgan fingerprint density at radius 2 is 2.00 bits per heavy atom. The lowest BCUT2D eigenvalue weighted by molar-refractivity contribution is -0.136. The molecule has 5 nitrogen and oxygen atoms in total. The highest BCUT2D eigenvalue weighted by molar-refractivity contribution is 7.99. The smallest absolute Gasteiger partial charge is 0.346 e. The minimum Gasteiger partial charge on any atom is -0.346 e. The summed E-state index contributed by atoms with van der Waals surface area (Å²) in [6.07, 6.45) is -2.69. The van der Waals surface area contributed by atoms with Crippen LogP contribution in [0.25, 0.3) is 11.4 Å². The van der Waals surface area contributed by atoms with E-state index in [1.165, 1.54) is 6.07 Å². The van der Waals surface area contributed by atoms with Gasteiger partial charge in [-0.1, -0.05) is 23.9 Å². The average molecular weight is 374 g/mol. The number of carbonyl (C=O) groups excluding carboxylic acids is 1. The van der Waals surface area contributed by atoms with E-state index in [-0.39, 0.29) is 11.8 Å². The lowest BCUT2D eigenvalue weighted by Gasteiger charge is -2.10. The lowest BCUT2D eigenvalue weighted by atomic mass is 10.2. The van der Waals surface area contributed by atoms with Crippen LogP contribution in [0.1, 0.15) is 18.9 Å². The minimum absolute atomic E-state index is 0.116. The second-order valence-corrected chi connectivity index (χ2v) is 6.51. The fourth-order valence-electron chi connectivity index (χ4n) is 2.24. The summed E-state index contributed by atoms with van der Waals surface area (Å²) in [5.41, 5.74) is 0.301. The molecular formula is C15H14F4N4OS. The number of hydrogen-bond donors (Lipinski definition) is 1. The second-order valence-electron chi connectivity index (χ2n) is 5.57. The van der Waals surface area contributed by atoms with E-state index in [1.807, 2.05) is 0 Å². The Balaban J connectivity index is 1.73. The summed E-state index contributed by atoms with van der Waals surface area (Å²) in [4.78, 5) is 11.5. The molecule has 3 rings (SSSR count). The Hall–Kier alpha value is -2.10. The summed E-state index contributed by atoms with van der Waals surface area (Å²) in [7, 11) is 0. The Morgan fingerprint density at radius 1 is 1.28 bits per heavy atom. The standard InChI is InChI=1S/C15H14F4N4OS/c16-11-4-2-1-3-10(11)13-21-22-14(23(13)9-5-6-9)25-7-12(24)20-8-15(17,18)19/h1-4,9H,5-8H2,(H,20,24). The molecule has 1 heterocycles. The molecule has 2 aromatic rings. The van der Waals surface area contributed by atoms with Gasteiger partial charge in [-0.25, -0.2) is 4.39 Å². The third kappa shape index (κ3) is 4.50. The number of alkyl halides is 3. The van der Waals surface area contributed by atoms with Crippen LogP contribution in [0.3, 0.4) is 0 Å². The zero-order valence-corrected chi connectivity index (χ0v) is 13.7. The first-order valence-corrected chi connectivity index (χ1v) is 8.50. The Bertz CT molecular complexity index is 773. The first-order chi connectivity index (χ1) is 11.8. The largest absolute Gasteiger partial charge is 0.405 e. The first-order valence-electron chi connectivity index (χ1n) is 7.51. The number of thioether (sulfide) groups is 1. The van der Waals surface area contributed by atoms with Gasteiger partial charge in [0.2, 0.25) is 5.91 Å². The van der Waals surface area contributed by atoms with Crippen molar-refractivity contribution >= 4 is 17.7 Å². The molecule has 1 amide bonds. The van der Waals surface area contributed by atoms with E-state index in [4.69, 9.17) is 0 Å². The zero-order chi connectivity index (χ0) is 18.0. The van der Waals surface area contributed by atoms with Gasteiger partial charge < -0.3 is 5.32 Å². The van der Waals surface area contributed by atoms with Gasteiger partial charge in [0, 0.05) is 6.04 Å². The highest BCUT2D eigenvalue weighted by atomic mass is 32.2. The number of nitrogens with one attached hydrogen (secondary N) is 1. The average Bonchev–Trinajstić information content (AvgIpc) is 3.31. The summed E-state index contributed by atoms with van der Waals surface area (Å²) in [5, 5.41) is 10.2. The Morgan fingerprint density at radius 3 is 2.64 bits per heavy atom. The van der Waals surface area contributed by atoms with E-state index < -0.39 is 24.4 Å². The highest BCUT2D eigenvalue weighted by Gasteiger charge is 2.31. The molecule has 1 saturated carbocycles. The van der Waals surface area contributed by atoms with Crippen molar-refractivity contribution in [3.8, 4) is 11.4 Å². The van der Waals surface area contributed by atoms with Gasteiger partial charge >= 0.3 is 6.18 Å². The summed E-state index contributed by atoms with van der Waals surface area (Å²) in [6.45, 7) is -1.37. The van der Waals surface area contributed by atoms with E-state index in [0.29, 0.717) is 16.5 Å². The normalized spacial score (nSPS) is 14.6. The number of hydrogen-bond acceptors (Lipinski definition) is 4. The van der Waals surface area contributed by atoms with Crippen LogP contribution in [0, 0.1) is 5.82 Å². The van der Waals surface area contributed by atoms with Crippen molar-refractivity contribution < 1.29 is 22.4 Å². The summed E-state index contributed by atoms with van der Waals surface area (Å²) in [6, 6.07) is 6.27. The molecule has 25 heavy (non-hydrogen) atoms. The van der Waals surface area contributed by atoms with E-state index in [0.717, 1.165) is 24.6 Å². The molecule has 0 radical (unpaired) electrons. The molecule has 0 bridgehead atoms. The topological polar surface area (TPSA) is 59.8 Å². The minimum atomic E-state index is -4.45. The number of aromatic nitrogens is 3. The van der Waals surface area contributed by atoms with Gasteiger partial charge in [0.1, 0.15) is 12.4 Å². The molecule has 1 N–H and O–H groups in total. The molecule has 0 unspecified atom stereocenters. The molecule has 0 atom stereocenters. The third-order valence-corrected chi connectivity index (χ3v) is 4.45. The van der Waals surface area contributed by atoms with Gasteiger partial charge in [-0.3, -0.25) is 9.36 Å². The van der Waals surface area contributed by atoms with Crippen molar-refractivity contribution in [2.75, 3.05) is 12.3 Å². The number of amides is 1. The van der Waals surface area contributed by atoms with Gasteiger partial charge in [0.05, 0.1) is 11.3 Å². The summed E-state index contributed by atoms with van der Waals surface area (Å²) >= 11 is 0.983. The molecule has 1 aromatic heterocycles. The van der Waals surface area contributed by atoms with Crippen LogP contribution in [0.5, 0.6) is 0 Å². The predicted molar refractivity (Wildman–Crippen MR) is 83.5 cm³/mol. The number of halogens is 4. The number of carbonyl (C=O) groups is 1. The van der Waals surface area contributed by atoms with E-state index >= 15 is 0 Å². The third-order valence-electron chi connectivity index (χ3n) is 3.51. The molecule has 1 fully saturated rings. The maximum Gasteiger partial charge on any atom is 0.405 e. The second kappa shape index (κ2) is 7.03. The van der Waals surface area contributed by atoms with Gasteiger partial charge in [0.15, 0.2) is 11.0 Å². The quantitative estimate of drug-likeness (QED) is 0.623. The highest BCUT2D eigenvalue weighted by Crippen LogP contribution is 2.41. The van der Waals surface area contributed by atoms with Gasteiger partial charge in [-0.2, -0.15) is 13.2 Å². The maximum atomic E-state index is 14.0. The molecule has 0 aliphatic heterocycles. The van der Waals surface area contributed by atoms with Crippen molar-refractivity contribution in [1.82, 2.24) is 20.1 Å². The van der Waals surface area contributed by atoms with Gasteiger partial charge in [-0.05, 0) is 25.0 Å². The Kier molecular flexibility index (Phi) is 4.98. The molecule has 1 aliphatic rings. The van der Waals surface area contributed by atoms with E-state index in [1.54, 1.807) is 28.1 Å². The van der Waals surface area contributed by atoms with Gasteiger partial charge in [0.25, 0.3) is 0 Å². The molecule has 134 valence electrons. The van der Waals surface area contributed by atoms with E-state index in [2.05, 4.69) is 10.2 Å². The fourth-order valence-corrected chi connectivity index (χ4v) is 3.08. The lowest BCUT2D eigenvalue weighted by Crippen LogP contribution is -2.34. The zero-order valence-electron chi connectivity index (χ0n) is 12.9. The molecule has 10 heteroatoms. The molecule has 0 saturated heterocycles. The maximum absolute atomic E-state index is 14.0. The van der Waals surface area contributed by atoms with Crippen LogP contribution in [0.15, 0.2) is 29.4 Å². The van der Waals surface area contributed by atoms with Crippen molar-refractivity contribution in [3.05, 3.63) is 30.1 Å². The predicted octanol–water partition coefficient (Wildman–Crippen LogP) is 3.19. The number of nitrogens with zero attached hydrogens (tertiary/aromatic N) is 3. The Labute approximate surface area is 144 Å². The van der Waals surface area contributed by atoms with Crippen LogP contribution in [-0.2, 0) is 4.79 Å². The fraction of sp³-hybridized carbons (Fsp3) is 0.400. The SMILES string of the molecule is O=C(CSc1nnc(-c2ccccc2F)n1C1CC1)NCC(F)(F)F. The summed E-state index contributed by atoms with van der Waals surface area (Å²) < 4.78 is 52.1.